The van der Waals surface area contributed by atoms with Gasteiger partial charge >= 0.3 is 0 Å². The molecule has 0 unspecified atom stereocenters. The first kappa shape index (κ1) is 7.18. The molecular formula is C5H14OSi. The zero-order valence-corrected chi connectivity index (χ0v) is 6.55. The first-order valence-corrected chi connectivity index (χ1v) is 5.97. The summed E-state index contributed by atoms with van der Waals surface area (Å²) in [5.41, 5.74) is 0. The molecule has 0 radical (unpaired) electrons. The summed E-state index contributed by atoms with van der Waals surface area (Å²) in [6, 6.07) is 0. The van der Waals surface area contributed by atoms with Crippen LogP contribution in [-0.2, 0) is 4.74 Å². The number of hydrogen-bond donors (Lipinski definition) is 0. The maximum atomic E-state index is 5.16. The van der Waals surface area contributed by atoms with Crippen molar-refractivity contribution in [3.05, 3.63) is 0 Å². The van der Waals surface area contributed by atoms with Crippen molar-refractivity contribution in [1.29, 1.82) is 0 Å². The van der Waals surface area contributed by atoms with E-state index in [-0.39, 0.29) is 0 Å². The number of ether oxygens (including phenoxy) is 1. The van der Waals surface area contributed by atoms with Gasteiger partial charge in [-0.3, -0.25) is 0 Å². The predicted octanol–water partition coefficient (Wildman–Crippen LogP) is 1.05. The van der Waals surface area contributed by atoms with Gasteiger partial charge in [-0.15, -0.1) is 0 Å². The molecule has 0 saturated heterocycles. The fourth-order valence-electron chi connectivity index (χ4n) is 0.354. The minimum atomic E-state index is -0.410. The molecule has 0 aromatic rings. The Hall–Kier alpha value is 0.177. The minimum Gasteiger partial charge on any atom is -0.385 e. The summed E-state index contributed by atoms with van der Waals surface area (Å²) in [4.78, 5) is 0. The Morgan fingerprint density at radius 2 is 2.00 bits per heavy atom. The molecule has 0 saturated carbocycles. The molecule has 0 amide bonds. The zero-order valence-electron chi connectivity index (χ0n) is 5.40. The highest BCUT2D eigenvalue weighted by Gasteiger charge is 1.90. The van der Waals surface area contributed by atoms with Crippen molar-refractivity contribution in [2.45, 2.75) is 20.0 Å². The van der Waals surface area contributed by atoms with Crippen molar-refractivity contribution >= 4 is 8.80 Å². The molecule has 0 aliphatic rings. The highest BCUT2D eigenvalue weighted by molar-refractivity contribution is 6.55. The normalized spacial score (nSPS) is 10.3. The van der Waals surface area contributed by atoms with E-state index in [0.29, 0.717) is 0 Å². The Kier molecular flexibility index (Phi) is 4.45. The Labute approximate surface area is 47.3 Å². The molecule has 0 aliphatic heterocycles. The van der Waals surface area contributed by atoms with Gasteiger partial charge in [0.15, 0.2) is 0 Å². The topological polar surface area (TPSA) is 9.23 Å². The molecule has 44 valence electrons. The molecule has 0 aliphatic carbocycles. The summed E-state index contributed by atoms with van der Waals surface area (Å²) < 4.78 is 5.16. The monoisotopic (exact) mass is 118 g/mol. The van der Waals surface area contributed by atoms with Crippen LogP contribution in [0.25, 0.3) is 0 Å². The zero-order chi connectivity index (χ0) is 5.70. The quantitative estimate of drug-likeness (QED) is 0.503. The van der Waals surface area contributed by atoms with Crippen LogP contribution in [0.1, 0.15) is 6.92 Å². The van der Waals surface area contributed by atoms with E-state index in [2.05, 4.69) is 13.1 Å². The molecule has 0 N–H and O–H groups in total. The van der Waals surface area contributed by atoms with Crippen LogP contribution < -0.4 is 0 Å². The van der Waals surface area contributed by atoms with E-state index >= 15 is 0 Å². The molecule has 7 heavy (non-hydrogen) atoms. The summed E-state index contributed by atoms with van der Waals surface area (Å²) in [7, 11) is -0.410. The van der Waals surface area contributed by atoms with E-state index in [1.165, 1.54) is 0 Å². The van der Waals surface area contributed by atoms with Crippen LogP contribution in [0.15, 0.2) is 0 Å². The third kappa shape index (κ3) is 6.18. The van der Waals surface area contributed by atoms with Crippen LogP contribution in [0.3, 0.4) is 0 Å². The second-order valence-corrected chi connectivity index (χ2v) is 5.17. The summed E-state index contributed by atoms with van der Waals surface area (Å²) in [5, 5.41) is 0. The Bertz CT molecular complexity index is 37.1. The van der Waals surface area contributed by atoms with Crippen LogP contribution in [0.4, 0.5) is 0 Å². The molecule has 0 atom stereocenters. The van der Waals surface area contributed by atoms with E-state index in [1.807, 2.05) is 6.92 Å². The van der Waals surface area contributed by atoms with Crippen LogP contribution in [0.2, 0.25) is 13.1 Å². The van der Waals surface area contributed by atoms with Gasteiger partial charge in [0.1, 0.15) is 0 Å². The van der Waals surface area contributed by atoms with Crippen LogP contribution in [0.5, 0.6) is 0 Å². The first-order valence-electron chi connectivity index (χ1n) is 2.85. The number of hydrogen-bond acceptors (Lipinski definition) is 1. The third-order valence-corrected chi connectivity index (χ3v) is 1.56. The minimum absolute atomic E-state index is 0.410. The fraction of sp³-hybridized carbons (Fsp3) is 1.00. The van der Waals surface area contributed by atoms with E-state index < -0.39 is 8.80 Å². The molecular weight excluding hydrogens is 104 g/mol. The number of rotatable bonds is 3. The van der Waals surface area contributed by atoms with Gasteiger partial charge in [-0.05, 0) is 6.92 Å². The Balaban J connectivity index is 2.68. The Morgan fingerprint density at radius 1 is 1.43 bits per heavy atom. The largest absolute Gasteiger partial charge is 0.385 e. The Morgan fingerprint density at radius 3 is 2.14 bits per heavy atom. The van der Waals surface area contributed by atoms with Gasteiger partial charge in [-0.25, -0.2) is 0 Å². The van der Waals surface area contributed by atoms with Crippen molar-refractivity contribution < 1.29 is 4.74 Å². The first-order chi connectivity index (χ1) is 3.27. The average molecular weight is 118 g/mol. The fourth-order valence-corrected chi connectivity index (χ4v) is 1.06. The van der Waals surface area contributed by atoms with Gasteiger partial charge in [0, 0.05) is 12.8 Å². The summed E-state index contributed by atoms with van der Waals surface area (Å²) in [6.45, 7) is 7.49. The summed E-state index contributed by atoms with van der Waals surface area (Å²) in [5.74, 6) is 0. The molecule has 1 nitrogen and oxygen atoms in total. The van der Waals surface area contributed by atoms with Crippen LogP contribution in [-0.4, -0.2) is 21.6 Å². The molecule has 0 aromatic heterocycles. The standard InChI is InChI=1S/C5H14OSi/c1-4-6-5-7(2)3/h7H,4-5H2,1-3H3. The molecule has 0 rings (SSSR count). The van der Waals surface area contributed by atoms with Gasteiger partial charge in [0.2, 0.25) is 0 Å². The lowest BCUT2D eigenvalue weighted by Gasteiger charge is -1.99. The van der Waals surface area contributed by atoms with Gasteiger partial charge in [-0.1, -0.05) is 13.1 Å². The maximum Gasteiger partial charge on any atom is 0.0616 e. The third-order valence-electron chi connectivity index (χ3n) is 0.655. The lowest BCUT2D eigenvalue weighted by atomic mass is 10.9. The van der Waals surface area contributed by atoms with Gasteiger partial charge < -0.3 is 4.74 Å². The van der Waals surface area contributed by atoms with Gasteiger partial charge in [0.25, 0.3) is 0 Å². The van der Waals surface area contributed by atoms with Crippen molar-refractivity contribution in [1.82, 2.24) is 0 Å². The predicted molar refractivity (Wildman–Crippen MR) is 35.4 cm³/mol. The summed E-state index contributed by atoms with van der Waals surface area (Å²) in [6.07, 6.45) is 1.04. The smallest absolute Gasteiger partial charge is 0.0616 e. The molecule has 0 bridgehead atoms. The van der Waals surface area contributed by atoms with E-state index in [9.17, 15) is 0 Å². The van der Waals surface area contributed by atoms with Gasteiger partial charge in [-0.2, -0.15) is 0 Å². The van der Waals surface area contributed by atoms with E-state index in [1.54, 1.807) is 0 Å². The second kappa shape index (κ2) is 4.34. The lowest BCUT2D eigenvalue weighted by Crippen LogP contribution is -2.10. The van der Waals surface area contributed by atoms with Crippen LogP contribution >= 0.6 is 0 Å². The lowest BCUT2D eigenvalue weighted by molar-refractivity contribution is 0.191. The van der Waals surface area contributed by atoms with Crippen molar-refractivity contribution in [2.24, 2.45) is 0 Å². The van der Waals surface area contributed by atoms with Crippen molar-refractivity contribution in [2.75, 3.05) is 12.8 Å². The highest BCUT2D eigenvalue weighted by Crippen LogP contribution is 1.79. The van der Waals surface area contributed by atoms with E-state index in [4.69, 9.17) is 4.74 Å². The highest BCUT2D eigenvalue weighted by atomic mass is 28.3. The molecule has 0 spiro atoms. The molecule has 0 heterocycles. The second-order valence-electron chi connectivity index (χ2n) is 2.05. The van der Waals surface area contributed by atoms with Crippen molar-refractivity contribution in [3.63, 3.8) is 0 Å². The maximum absolute atomic E-state index is 5.16. The average Bonchev–Trinajstić information content (AvgIpc) is 1.61. The van der Waals surface area contributed by atoms with E-state index in [0.717, 1.165) is 12.8 Å². The van der Waals surface area contributed by atoms with Crippen LogP contribution in [0, 0.1) is 0 Å². The molecule has 0 fully saturated rings. The molecule has 0 aromatic carbocycles. The summed E-state index contributed by atoms with van der Waals surface area (Å²) >= 11 is 0. The van der Waals surface area contributed by atoms with Crippen molar-refractivity contribution in [3.8, 4) is 0 Å². The molecule has 2 heteroatoms. The van der Waals surface area contributed by atoms with Gasteiger partial charge in [0.05, 0.1) is 8.80 Å². The SMILES string of the molecule is CCOC[SiH](C)C.